The van der Waals surface area contributed by atoms with Gasteiger partial charge in [0, 0.05) is 4.90 Å². The molecule has 29 heavy (non-hydrogen) atoms. The Morgan fingerprint density at radius 1 is 0.966 bits per heavy atom. The van der Waals surface area contributed by atoms with Crippen molar-refractivity contribution < 1.29 is 22.2 Å². The lowest BCUT2D eigenvalue weighted by molar-refractivity contribution is -0.142. The SMILES string of the molecule is COC(=O)[C@@H](NS(=O)(=O)c1ccc(C)cc1)[C@@H](C(C)C)S(=O)c1ccc(C)cc1. The molecular formula is C21H27NO5S2. The van der Waals surface area contributed by atoms with Gasteiger partial charge in [0.1, 0.15) is 6.04 Å². The molecule has 0 aliphatic heterocycles. The number of benzene rings is 2. The standard InChI is InChI=1S/C21H27NO5S2/c1-14(2)20(28(24)17-10-6-15(3)7-11-17)19(21(23)27-5)22-29(25,26)18-12-8-16(4)9-13-18/h6-14,19-20,22H,1-5H3/t19-,20+,28?/m0/s1. The van der Waals surface area contributed by atoms with Crippen LogP contribution in [0.4, 0.5) is 0 Å². The molecule has 0 radical (unpaired) electrons. The van der Waals surface area contributed by atoms with Gasteiger partial charge in [-0.25, -0.2) is 8.42 Å². The largest absolute Gasteiger partial charge is 0.468 e. The number of hydrogen-bond acceptors (Lipinski definition) is 5. The lowest BCUT2D eigenvalue weighted by Crippen LogP contribution is -2.52. The predicted molar refractivity (Wildman–Crippen MR) is 114 cm³/mol. The second kappa shape index (κ2) is 9.65. The molecule has 0 saturated heterocycles. The van der Waals surface area contributed by atoms with Gasteiger partial charge in [-0.2, -0.15) is 4.72 Å². The second-order valence-corrected chi connectivity index (χ2v) is 10.6. The second-order valence-electron chi connectivity index (χ2n) is 7.25. The molecule has 6 nitrogen and oxygen atoms in total. The molecule has 0 spiro atoms. The van der Waals surface area contributed by atoms with Gasteiger partial charge in [-0.1, -0.05) is 49.2 Å². The number of carbonyl (C=O) groups excluding carboxylic acids is 1. The Bertz CT molecular complexity index is 967. The molecular weight excluding hydrogens is 410 g/mol. The van der Waals surface area contributed by atoms with E-state index in [1.807, 2.05) is 26.0 Å². The van der Waals surface area contributed by atoms with E-state index in [0.29, 0.717) is 4.90 Å². The highest BCUT2D eigenvalue weighted by Gasteiger charge is 2.39. The van der Waals surface area contributed by atoms with Crippen LogP contribution in [0, 0.1) is 19.8 Å². The lowest BCUT2D eigenvalue weighted by Gasteiger charge is -2.28. The number of methoxy groups -OCH3 is 1. The van der Waals surface area contributed by atoms with Crippen LogP contribution in [0.5, 0.6) is 0 Å². The van der Waals surface area contributed by atoms with Gasteiger partial charge in [0.2, 0.25) is 10.0 Å². The number of hydrogen-bond donors (Lipinski definition) is 1. The Hall–Kier alpha value is -2.03. The molecule has 2 aromatic rings. The van der Waals surface area contributed by atoms with Crippen molar-refractivity contribution in [1.29, 1.82) is 0 Å². The Labute approximate surface area is 175 Å². The number of sulfonamides is 1. The molecule has 8 heteroatoms. The number of aryl methyl sites for hydroxylation is 2. The highest BCUT2D eigenvalue weighted by molar-refractivity contribution is 7.89. The third-order valence-electron chi connectivity index (χ3n) is 4.55. The van der Waals surface area contributed by atoms with Crippen LogP contribution in [0.25, 0.3) is 0 Å². The third kappa shape index (κ3) is 5.74. The van der Waals surface area contributed by atoms with Crippen molar-refractivity contribution >= 4 is 26.8 Å². The number of ether oxygens (including phenoxy) is 1. The molecule has 2 rings (SSSR count). The van der Waals surface area contributed by atoms with Gasteiger partial charge in [-0.15, -0.1) is 0 Å². The monoisotopic (exact) mass is 437 g/mol. The molecule has 0 aromatic heterocycles. The summed E-state index contributed by atoms with van der Waals surface area (Å²) < 4.78 is 46.3. The molecule has 2 aromatic carbocycles. The van der Waals surface area contributed by atoms with Crippen molar-refractivity contribution in [3.05, 3.63) is 59.7 Å². The summed E-state index contributed by atoms with van der Waals surface area (Å²) in [7, 11) is -4.47. The zero-order chi connectivity index (χ0) is 21.8. The highest BCUT2D eigenvalue weighted by atomic mass is 32.2. The average molecular weight is 438 g/mol. The van der Waals surface area contributed by atoms with E-state index in [2.05, 4.69) is 4.72 Å². The normalized spacial score (nSPS) is 15.0. The summed E-state index contributed by atoms with van der Waals surface area (Å²) in [5, 5.41) is -0.814. The van der Waals surface area contributed by atoms with Crippen LogP contribution in [0.15, 0.2) is 58.3 Å². The molecule has 0 fully saturated rings. The van der Waals surface area contributed by atoms with Crippen molar-refractivity contribution in [2.75, 3.05) is 7.11 Å². The zero-order valence-electron chi connectivity index (χ0n) is 17.2. The van der Waals surface area contributed by atoms with Gasteiger partial charge in [0.25, 0.3) is 0 Å². The summed E-state index contributed by atoms with van der Waals surface area (Å²) >= 11 is 0. The predicted octanol–water partition coefficient (Wildman–Crippen LogP) is 2.96. The number of carbonyl (C=O) groups is 1. The number of esters is 1. The quantitative estimate of drug-likeness (QED) is 0.642. The van der Waals surface area contributed by atoms with E-state index in [0.717, 1.165) is 11.1 Å². The Balaban J connectivity index is 2.44. The maximum Gasteiger partial charge on any atom is 0.325 e. The van der Waals surface area contributed by atoms with Crippen molar-refractivity contribution in [2.45, 2.75) is 48.8 Å². The fourth-order valence-corrected chi connectivity index (χ4v) is 5.85. The van der Waals surface area contributed by atoms with Gasteiger partial charge < -0.3 is 4.74 Å². The Kier molecular flexibility index (Phi) is 7.73. The number of rotatable bonds is 8. The third-order valence-corrected chi connectivity index (χ3v) is 8.06. The number of nitrogens with one attached hydrogen (secondary N) is 1. The summed E-state index contributed by atoms with van der Waals surface area (Å²) in [5.74, 6) is -1.04. The van der Waals surface area contributed by atoms with Gasteiger partial charge in [-0.3, -0.25) is 9.00 Å². The summed E-state index contributed by atoms with van der Waals surface area (Å²) in [4.78, 5) is 13.1. The molecule has 0 saturated carbocycles. The van der Waals surface area contributed by atoms with Crippen molar-refractivity contribution in [3.8, 4) is 0 Å². The first-order chi connectivity index (χ1) is 13.6. The van der Waals surface area contributed by atoms with Gasteiger partial charge in [-0.05, 0) is 44.0 Å². The maximum absolute atomic E-state index is 13.3. The summed E-state index contributed by atoms with van der Waals surface area (Å²) in [6, 6.07) is 12.1. The highest BCUT2D eigenvalue weighted by Crippen LogP contribution is 2.23. The van der Waals surface area contributed by atoms with E-state index in [1.54, 1.807) is 38.1 Å². The Morgan fingerprint density at radius 3 is 1.90 bits per heavy atom. The van der Waals surface area contributed by atoms with Crippen molar-refractivity contribution in [3.63, 3.8) is 0 Å². The van der Waals surface area contributed by atoms with E-state index in [-0.39, 0.29) is 10.8 Å². The van der Waals surface area contributed by atoms with Gasteiger partial charge in [0.15, 0.2) is 0 Å². The van der Waals surface area contributed by atoms with Crippen LogP contribution in [0.1, 0.15) is 25.0 Å². The summed E-state index contributed by atoms with van der Waals surface area (Å²) in [6.45, 7) is 7.36. The van der Waals surface area contributed by atoms with E-state index in [1.165, 1.54) is 19.2 Å². The molecule has 0 bridgehead atoms. The van der Waals surface area contributed by atoms with Crippen LogP contribution in [-0.2, 0) is 30.4 Å². The minimum atomic E-state index is -4.02. The van der Waals surface area contributed by atoms with Crippen LogP contribution < -0.4 is 4.72 Å². The smallest absolute Gasteiger partial charge is 0.325 e. The van der Waals surface area contributed by atoms with E-state index in [4.69, 9.17) is 4.74 Å². The maximum atomic E-state index is 13.3. The fourth-order valence-electron chi connectivity index (χ4n) is 2.91. The minimum Gasteiger partial charge on any atom is -0.468 e. The molecule has 3 atom stereocenters. The van der Waals surface area contributed by atoms with E-state index >= 15 is 0 Å². The van der Waals surface area contributed by atoms with Gasteiger partial charge >= 0.3 is 5.97 Å². The summed E-state index contributed by atoms with van der Waals surface area (Å²) in [6.07, 6.45) is 0. The van der Waals surface area contributed by atoms with Crippen molar-refractivity contribution in [1.82, 2.24) is 4.72 Å². The first kappa shape index (κ1) is 23.3. The van der Waals surface area contributed by atoms with Crippen molar-refractivity contribution in [2.24, 2.45) is 5.92 Å². The lowest BCUT2D eigenvalue weighted by atomic mass is 10.0. The molecule has 1 unspecified atom stereocenters. The summed E-state index contributed by atoms with van der Waals surface area (Å²) in [5.41, 5.74) is 1.92. The first-order valence-electron chi connectivity index (χ1n) is 9.21. The molecule has 0 amide bonds. The Morgan fingerprint density at radius 2 is 1.45 bits per heavy atom. The van der Waals surface area contributed by atoms with E-state index < -0.39 is 38.1 Å². The molecule has 0 aliphatic rings. The first-order valence-corrected chi connectivity index (χ1v) is 11.9. The minimum absolute atomic E-state index is 0.0284. The van der Waals surface area contributed by atoms with Crippen LogP contribution >= 0.6 is 0 Å². The molecule has 158 valence electrons. The molecule has 1 N–H and O–H groups in total. The average Bonchev–Trinajstić information content (AvgIpc) is 2.67. The van der Waals surface area contributed by atoms with E-state index in [9.17, 15) is 17.4 Å². The fraction of sp³-hybridized carbons (Fsp3) is 0.381. The van der Waals surface area contributed by atoms with Crippen LogP contribution in [-0.4, -0.2) is 37.0 Å². The van der Waals surface area contributed by atoms with Gasteiger partial charge in [0.05, 0.1) is 28.1 Å². The molecule has 0 aliphatic carbocycles. The topological polar surface area (TPSA) is 89.5 Å². The molecule has 0 heterocycles. The zero-order valence-corrected chi connectivity index (χ0v) is 18.8. The van der Waals surface area contributed by atoms with Crippen LogP contribution in [0.3, 0.4) is 0 Å². The van der Waals surface area contributed by atoms with Crippen LogP contribution in [0.2, 0.25) is 0 Å².